The molecule has 1 aliphatic heterocycles. The second-order valence-corrected chi connectivity index (χ2v) is 7.79. The molecule has 0 N–H and O–H groups in total. The van der Waals surface area contributed by atoms with E-state index < -0.39 is 18.2 Å². The normalized spacial score (nSPS) is 17.6. The lowest BCUT2D eigenvalue weighted by Gasteiger charge is -2.22. The Labute approximate surface area is 171 Å². The first-order valence-electron chi connectivity index (χ1n) is 9.90. The van der Waals surface area contributed by atoms with Crippen LogP contribution in [-0.2, 0) is 13.1 Å². The fourth-order valence-corrected chi connectivity index (χ4v) is 4.08. The van der Waals surface area contributed by atoms with Crippen LogP contribution in [0.3, 0.4) is 0 Å². The smallest absolute Gasteiger partial charge is 0.425 e. The van der Waals surface area contributed by atoms with Gasteiger partial charge in [0.1, 0.15) is 5.75 Å². The topological polar surface area (TPSA) is 71.2 Å². The Kier molecular flexibility index (Phi) is 5.18. The van der Waals surface area contributed by atoms with Crippen molar-refractivity contribution in [1.29, 1.82) is 5.26 Å². The average molecular weight is 418 g/mol. The molecule has 1 aromatic heterocycles. The number of nitriles is 1. The number of fused-ring (bicyclic) bond motifs is 1. The summed E-state index contributed by atoms with van der Waals surface area (Å²) in [5.41, 5.74) is 2.05. The Morgan fingerprint density at radius 3 is 2.70 bits per heavy atom. The van der Waals surface area contributed by atoms with E-state index in [9.17, 15) is 23.2 Å². The lowest BCUT2D eigenvalue weighted by Crippen LogP contribution is -2.33. The van der Waals surface area contributed by atoms with Crippen LogP contribution in [0.25, 0.3) is 0 Å². The summed E-state index contributed by atoms with van der Waals surface area (Å²) in [6.07, 6.45) is -0.469. The highest BCUT2D eigenvalue weighted by atomic mass is 19.4. The summed E-state index contributed by atoms with van der Waals surface area (Å²) in [7, 11) is 0. The number of amides is 1. The van der Waals surface area contributed by atoms with Gasteiger partial charge in [0, 0.05) is 12.1 Å². The van der Waals surface area contributed by atoms with Crippen molar-refractivity contribution in [2.75, 3.05) is 0 Å². The van der Waals surface area contributed by atoms with Crippen molar-refractivity contribution in [3.63, 3.8) is 0 Å². The van der Waals surface area contributed by atoms with Crippen LogP contribution >= 0.6 is 0 Å². The quantitative estimate of drug-likeness (QED) is 0.740. The third kappa shape index (κ3) is 3.74. The predicted molar refractivity (Wildman–Crippen MR) is 101 cm³/mol. The molecule has 2 aromatic rings. The molecule has 0 spiro atoms. The lowest BCUT2D eigenvalue weighted by molar-refractivity contribution is -0.189. The number of carbonyl (C=O) groups excluding carboxylic acids is 1. The molecule has 1 aromatic carbocycles. The van der Waals surface area contributed by atoms with Gasteiger partial charge >= 0.3 is 6.18 Å². The van der Waals surface area contributed by atoms with Gasteiger partial charge in [-0.05, 0) is 38.0 Å². The van der Waals surface area contributed by atoms with Gasteiger partial charge in [-0.1, -0.05) is 12.8 Å². The molecule has 6 nitrogen and oxygen atoms in total. The molecule has 2 heterocycles. The van der Waals surface area contributed by atoms with Gasteiger partial charge in [0.15, 0.2) is 6.10 Å². The van der Waals surface area contributed by atoms with Gasteiger partial charge in [0.05, 0.1) is 41.7 Å². The second-order valence-electron chi connectivity index (χ2n) is 7.79. The zero-order valence-corrected chi connectivity index (χ0v) is 16.4. The SMILES string of the molecule is C[C@H](Oc1ccc(C#N)cc1C(=O)N1Cc2cnn(C3CCCC3)c2C1)C(F)(F)F. The van der Waals surface area contributed by atoms with E-state index >= 15 is 0 Å². The van der Waals surface area contributed by atoms with Crippen LogP contribution in [0, 0.1) is 11.3 Å². The molecule has 1 amide bonds. The molecule has 0 saturated heterocycles. The third-order valence-electron chi connectivity index (χ3n) is 5.75. The van der Waals surface area contributed by atoms with Crippen molar-refractivity contribution in [1.82, 2.24) is 14.7 Å². The van der Waals surface area contributed by atoms with E-state index in [0.29, 0.717) is 19.1 Å². The van der Waals surface area contributed by atoms with E-state index in [4.69, 9.17) is 4.74 Å². The fraction of sp³-hybridized carbons (Fsp3) is 0.476. The monoisotopic (exact) mass is 418 g/mol. The van der Waals surface area contributed by atoms with Crippen LogP contribution in [0.4, 0.5) is 13.2 Å². The van der Waals surface area contributed by atoms with Gasteiger partial charge in [-0.25, -0.2) is 0 Å². The van der Waals surface area contributed by atoms with Crippen LogP contribution < -0.4 is 4.74 Å². The first-order chi connectivity index (χ1) is 14.3. The van der Waals surface area contributed by atoms with Crippen LogP contribution in [0.15, 0.2) is 24.4 Å². The molecule has 30 heavy (non-hydrogen) atoms. The van der Waals surface area contributed by atoms with Crippen molar-refractivity contribution >= 4 is 5.91 Å². The van der Waals surface area contributed by atoms with E-state index in [1.807, 2.05) is 10.8 Å². The predicted octanol–water partition coefficient (Wildman–Crippen LogP) is 4.36. The Balaban J connectivity index is 1.59. The van der Waals surface area contributed by atoms with Gasteiger partial charge in [0.25, 0.3) is 5.91 Å². The number of rotatable bonds is 4. The molecular weight excluding hydrogens is 397 g/mol. The van der Waals surface area contributed by atoms with Crippen LogP contribution in [-0.4, -0.2) is 32.9 Å². The first kappa shape index (κ1) is 20.3. The van der Waals surface area contributed by atoms with Gasteiger partial charge in [-0.3, -0.25) is 9.48 Å². The zero-order valence-electron chi connectivity index (χ0n) is 16.4. The molecule has 0 unspecified atom stereocenters. The van der Waals surface area contributed by atoms with E-state index in [0.717, 1.165) is 43.9 Å². The second kappa shape index (κ2) is 7.67. The highest BCUT2D eigenvalue weighted by Gasteiger charge is 2.39. The summed E-state index contributed by atoms with van der Waals surface area (Å²) < 4.78 is 45.9. The highest BCUT2D eigenvalue weighted by Crippen LogP contribution is 2.35. The Hall–Kier alpha value is -3.02. The molecular formula is C21H21F3N4O2. The van der Waals surface area contributed by atoms with Crippen molar-refractivity contribution in [3.8, 4) is 11.8 Å². The Morgan fingerprint density at radius 1 is 1.30 bits per heavy atom. The summed E-state index contributed by atoms with van der Waals surface area (Å²) in [5, 5.41) is 13.7. The minimum Gasteiger partial charge on any atom is -0.480 e. The third-order valence-corrected chi connectivity index (χ3v) is 5.75. The summed E-state index contributed by atoms with van der Waals surface area (Å²) in [5.74, 6) is -0.650. The van der Waals surface area contributed by atoms with Crippen LogP contribution in [0.5, 0.6) is 5.75 Å². The molecule has 158 valence electrons. The number of alkyl halides is 3. The number of aromatic nitrogens is 2. The largest absolute Gasteiger partial charge is 0.480 e. The van der Waals surface area contributed by atoms with E-state index in [2.05, 4.69) is 5.10 Å². The molecule has 0 bridgehead atoms. The van der Waals surface area contributed by atoms with Gasteiger partial charge in [-0.2, -0.15) is 23.5 Å². The standard InChI is InChI=1S/C21H21F3N4O2/c1-13(21(22,23)24)30-19-7-6-14(9-25)8-17(19)20(29)27-11-15-10-26-28(18(15)12-27)16-4-2-3-5-16/h6-8,10,13,16H,2-5,11-12H2,1H3/t13-/m0/s1. The summed E-state index contributed by atoms with van der Waals surface area (Å²) >= 11 is 0. The van der Waals surface area contributed by atoms with Gasteiger partial charge < -0.3 is 9.64 Å². The maximum Gasteiger partial charge on any atom is 0.425 e. The molecule has 1 atom stereocenters. The van der Waals surface area contributed by atoms with Crippen molar-refractivity contribution in [2.45, 2.75) is 64.0 Å². The first-order valence-corrected chi connectivity index (χ1v) is 9.90. The molecule has 9 heteroatoms. The van der Waals surface area contributed by atoms with E-state index in [1.165, 1.54) is 18.2 Å². The lowest BCUT2D eigenvalue weighted by atomic mass is 10.1. The number of carbonyl (C=O) groups is 1. The molecule has 1 aliphatic carbocycles. The van der Waals surface area contributed by atoms with Crippen LogP contribution in [0.1, 0.15) is 65.8 Å². The zero-order chi connectivity index (χ0) is 21.5. The van der Waals surface area contributed by atoms with Gasteiger partial charge in [-0.15, -0.1) is 0 Å². The highest BCUT2D eigenvalue weighted by molar-refractivity contribution is 5.97. The minimum absolute atomic E-state index is 0.0457. The Bertz CT molecular complexity index is 1000. The maximum absolute atomic E-state index is 13.2. The van der Waals surface area contributed by atoms with E-state index in [-0.39, 0.29) is 16.9 Å². The molecule has 2 aliphatic rings. The molecule has 0 radical (unpaired) electrons. The van der Waals surface area contributed by atoms with E-state index in [1.54, 1.807) is 11.1 Å². The summed E-state index contributed by atoms with van der Waals surface area (Å²) in [4.78, 5) is 14.7. The number of hydrogen-bond donors (Lipinski definition) is 0. The molecule has 4 rings (SSSR count). The molecule has 1 fully saturated rings. The number of halogens is 3. The average Bonchev–Trinajstić information content (AvgIpc) is 3.43. The number of ether oxygens (including phenoxy) is 1. The van der Waals surface area contributed by atoms with Crippen LogP contribution in [0.2, 0.25) is 0 Å². The maximum atomic E-state index is 13.2. The minimum atomic E-state index is -4.57. The number of hydrogen-bond acceptors (Lipinski definition) is 4. The van der Waals surface area contributed by atoms with Crippen molar-refractivity contribution in [3.05, 3.63) is 46.8 Å². The Morgan fingerprint density at radius 2 is 2.03 bits per heavy atom. The van der Waals surface area contributed by atoms with Crippen molar-refractivity contribution in [2.24, 2.45) is 0 Å². The van der Waals surface area contributed by atoms with Gasteiger partial charge in [0.2, 0.25) is 0 Å². The summed E-state index contributed by atoms with van der Waals surface area (Å²) in [6, 6.07) is 6.12. The van der Waals surface area contributed by atoms with Crippen molar-refractivity contribution < 1.29 is 22.7 Å². The number of benzene rings is 1. The molecule has 1 saturated carbocycles. The summed E-state index contributed by atoms with van der Waals surface area (Å²) in [6.45, 7) is 1.54. The fourth-order valence-electron chi connectivity index (χ4n) is 4.08. The number of nitrogens with zero attached hydrogens (tertiary/aromatic N) is 4.